The van der Waals surface area contributed by atoms with Crippen molar-refractivity contribution < 1.29 is 14.2 Å². The van der Waals surface area contributed by atoms with E-state index in [4.69, 9.17) is 14.2 Å². The minimum atomic E-state index is 0.563. The summed E-state index contributed by atoms with van der Waals surface area (Å²) in [4.78, 5) is 0. The minimum Gasteiger partial charge on any atom is -0.490 e. The van der Waals surface area contributed by atoms with Gasteiger partial charge in [0.05, 0.1) is 13.2 Å². The summed E-state index contributed by atoms with van der Waals surface area (Å²) in [7, 11) is 1.70. The fraction of sp³-hybridized carbons (Fsp3) is 0.529. The van der Waals surface area contributed by atoms with E-state index in [0.717, 1.165) is 24.6 Å². The second-order valence-electron chi connectivity index (χ2n) is 4.98. The molecule has 0 aliphatic heterocycles. The fourth-order valence-corrected chi connectivity index (χ4v) is 1.76. The van der Waals surface area contributed by atoms with Crippen LogP contribution in [0.25, 0.3) is 0 Å². The van der Waals surface area contributed by atoms with Gasteiger partial charge in [0.15, 0.2) is 11.5 Å². The molecule has 1 rings (SSSR count). The van der Waals surface area contributed by atoms with E-state index in [0.29, 0.717) is 19.8 Å². The molecule has 0 radical (unpaired) electrons. The highest BCUT2D eigenvalue weighted by Crippen LogP contribution is 2.28. The van der Waals surface area contributed by atoms with Crippen LogP contribution < -0.4 is 14.8 Å². The van der Waals surface area contributed by atoms with Crippen molar-refractivity contribution in [1.29, 1.82) is 0 Å². The van der Waals surface area contributed by atoms with Crippen molar-refractivity contribution in [2.75, 3.05) is 33.5 Å². The molecule has 0 unspecified atom stereocenters. The summed E-state index contributed by atoms with van der Waals surface area (Å²) >= 11 is 0. The third-order valence-electron chi connectivity index (χ3n) is 2.85. The Bertz CT molecular complexity index is 440. The van der Waals surface area contributed by atoms with Gasteiger partial charge in [-0.05, 0) is 44.5 Å². The van der Waals surface area contributed by atoms with E-state index in [1.54, 1.807) is 7.11 Å². The van der Waals surface area contributed by atoms with Crippen LogP contribution in [-0.4, -0.2) is 33.5 Å². The predicted octanol–water partition coefficient (Wildman–Crippen LogP) is 3.17. The van der Waals surface area contributed by atoms with Crippen molar-refractivity contribution in [3.8, 4) is 11.5 Å². The lowest BCUT2D eigenvalue weighted by Gasteiger charge is -2.13. The molecular formula is C17H27NO3. The Kier molecular flexibility index (Phi) is 8.55. The third kappa shape index (κ3) is 7.16. The molecular weight excluding hydrogens is 266 g/mol. The highest BCUT2D eigenvalue weighted by atomic mass is 16.5. The maximum atomic E-state index is 5.76. The maximum Gasteiger partial charge on any atom is 0.161 e. The monoisotopic (exact) mass is 293 g/mol. The Morgan fingerprint density at radius 3 is 2.67 bits per heavy atom. The van der Waals surface area contributed by atoms with E-state index >= 15 is 0 Å². The second kappa shape index (κ2) is 10.2. The molecule has 0 aromatic heterocycles. The number of nitrogens with one attached hydrogen (secondary N) is 1. The summed E-state index contributed by atoms with van der Waals surface area (Å²) in [6.07, 6.45) is 2.05. The summed E-state index contributed by atoms with van der Waals surface area (Å²) in [6.45, 7) is 9.61. The average Bonchev–Trinajstić information content (AvgIpc) is 2.45. The summed E-state index contributed by atoms with van der Waals surface area (Å²) in [5, 5.41) is 3.32. The second-order valence-corrected chi connectivity index (χ2v) is 4.98. The largest absolute Gasteiger partial charge is 0.490 e. The van der Waals surface area contributed by atoms with E-state index in [1.807, 2.05) is 19.1 Å². The highest BCUT2D eigenvalue weighted by Gasteiger charge is 2.06. The number of hydrogen-bond acceptors (Lipinski definition) is 4. The molecule has 1 aromatic carbocycles. The van der Waals surface area contributed by atoms with E-state index in [9.17, 15) is 0 Å². The molecule has 4 nitrogen and oxygen atoms in total. The van der Waals surface area contributed by atoms with Crippen molar-refractivity contribution in [3.63, 3.8) is 0 Å². The molecule has 0 amide bonds. The zero-order valence-electron chi connectivity index (χ0n) is 13.6. The van der Waals surface area contributed by atoms with Crippen LogP contribution in [0.1, 0.15) is 26.3 Å². The number of rotatable bonds is 10. The number of allylic oxidation sites excluding steroid dienone is 1. The maximum absolute atomic E-state index is 5.76. The van der Waals surface area contributed by atoms with Gasteiger partial charge in [-0.1, -0.05) is 11.6 Å². The molecule has 0 bridgehead atoms. The van der Waals surface area contributed by atoms with Gasteiger partial charge in [-0.15, -0.1) is 0 Å². The van der Waals surface area contributed by atoms with Crippen LogP contribution in [-0.2, 0) is 11.3 Å². The Balaban J connectivity index is 2.64. The molecule has 1 N–H and O–H groups in total. The Labute approximate surface area is 128 Å². The summed E-state index contributed by atoms with van der Waals surface area (Å²) in [5.41, 5.74) is 2.41. The molecule has 0 aliphatic rings. The van der Waals surface area contributed by atoms with Gasteiger partial charge in [0.25, 0.3) is 0 Å². The zero-order chi connectivity index (χ0) is 15.5. The van der Waals surface area contributed by atoms with Crippen LogP contribution in [0.15, 0.2) is 29.8 Å². The fourth-order valence-electron chi connectivity index (χ4n) is 1.76. The molecule has 21 heavy (non-hydrogen) atoms. The number of methoxy groups -OCH3 is 1. The van der Waals surface area contributed by atoms with Gasteiger partial charge in [-0.2, -0.15) is 0 Å². The standard InChI is InChI=1S/C17H27NO3/c1-5-20-17-12-15(13-18-9-11-19-4)6-7-16(17)21-10-8-14(2)3/h6-8,12,18H,5,9-11,13H2,1-4H3. The minimum absolute atomic E-state index is 0.563. The Morgan fingerprint density at radius 1 is 1.19 bits per heavy atom. The molecule has 4 heteroatoms. The van der Waals surface area contributed by atoms with Crippen molar-refractivity contribution in [2.24, 2.45) is 0 Å². The van der Waals surface area contributed by atoms with Crippen LogP contribution in [0, 0.1) is 0 Å². The van der Waals surface area contributed by atoms with Crippen LogP contribution >= 0.6 is 0 Å². The molecule has 0 atom stereocenters. The first-order valence-corrected chi connectivity index (χ1v) is 7.39. The Morgan fingerprint density at radius 2 is 2.00 bits per heavy atom. The van der Waals surface area contributed by atoms with Crippen LogP contribution in [0.3, 0.4) is 0 Å². The van der Waals surface area contributed by atoms with Gasteiger partial charge >= 0.3 is 0 Å². The molecule has 0 fully saturated rings. The van der Waals surface area contributed by atoms with Crippen molar-refractivity contribution in [1.82, 2.24) is 5.32 Å². The van der Waals surface area contributed by atoms with Crippen LogP contribution in [0.4, 0.5) is 0 Å². The predicted molar refractivity (Wildman–Crippen MR) is 86.1 cm³/mol. The van der Waals surface area contributed by atoms with Gasteiger partial charge in [-0.25, -0.2) is 0 Å². The van der Waals surface area contributed by atoms with E-state index in [1.165, 1.54) is 11.1 Å². The first-order valence-electron chi connectivity index (χ1n) is 7.39. The summed E-state index contributed by atoms with van der Waals surface area (Å²) in [6, 6.07) is 6.05. The third-order valence-corrected chi connectivity index (χ3v) is 2.85. The highest BCUT2D eigenvalue weighted by molar-refractivity contribution is 5.43. The van der Waals surface area contributed by atoms with Crippen molar-refractivity contribution in [2.45, 2.75) is 27.3 Å². The van der Waals surface area contributed by atoms with Gasteiger partial charge in [0.1, 0.15) is 6.61 Å². The Hall–Kier alpha value is -1.52. The first kappa shape index (κ1) is 17.5. The smallest absolute Gasteiger partial charge is 0.161 e. The lowest BCUT2D eigenvalue weighted by atomic mass is 10.2. The van der Waals surface area contributed by atoms with Crippen molar-refractivity contribution in [3.05, 3.63) is 35.4 Å². The normalized spacial score (nSPS) is 10.3. The SMILES string of the molecule is CCOc1cc(CNCCOC)ccc1OCC=C(C)C. The summed E-state index contributed by atoms with van der Waals surface area (Å²) < 4.78 is 16.4. The zero-order valence-corrected chi connectivity index (χ0v) is 13.6. The number of benzene rings is 1. The van der Waals surface area contributed by atoms with Gasteiger partial charge < -0.3 is 19.5 Å². The molecule has 1 aromatic rings. The van der Waals surface area contributed by atoms with Gasteiger partial charge in [-0.3, -0.25) is 0 Å². The van der Waals surface area contributed by atoms with Crippen LogP contribution in [0.2, 0.25) is 0 Å². The number of hydrogen-bond donors (Lipinski definition) is 1. The van der Waals surface area contributed by atoms with Crippen molar-refractivity contribution >= 4 is 0 Å². The molecule has 0 saturated heterocycles. The molecule has 0 heterocycles. The summed E-state index contributed by atoms with van der Waals surface area (Å²) in [5.74, 6) is 1.58. The van der Waals surface area contributed by atoms with Gasteiger partial charge in [0.2, 0.25) is 0 Å². The number of ether oxygens (including phenoxy) is 3. The van der Waals surface area contributed by atoms with Crippen LogP contribution in [0.5, 0.6) is 11.5 Å². The average molecular weight is 293 g/mol. The first-order chi connectivity index (χ1) is 10.2. The van der Waals surface area contributed by atoms with E-state index < -0.39 is 0 Å². The molecule has 0 aliphatic carbocycles. The van der Waals surface area contributed by atoms with Gasteiger partial charge in [0, 0.05) is 20.2 Å². The van der Waals surface area contributed by atoms with E-state index in [2.05, 4.69) is 31.3 Å². The topological polar surface area (TPSA) is 39.7 Å². The lowest BCUT2D eigenvalue weighted by molar-refractivity contribution is 0.199. The lowest BCUT2D eigenvalue weighted by Crippen LogP contribution is -2.18. The molecule has 0 spiro atoms. The quantitative estimate of drug-likeness (QED) is 0.531. The molecule has 0 saturated carbocycles. The van der Waals surface area contributed by atoms with E-state index in [-0.39, 0.29) is 0 Å². The molecule has 118 valence electrons.